The summed E-state index contributed by atoms with van der Waals surface area (Å²) in [7, 11) is 0. The molecule has 1 amide bonds. The number of aliphatic hydroxyl groups excluding tert-OH is 1. The molecule has 0 saturated heterocycles. The number of amides is 1. The predicted molar refractivity (Wildman–Crippen MR) is 113 cm³/mol. The van der Waals surface area contributed by atoms with Crippen LogP contribution in [0.15, 0.2) is 83.5 Å². The molecule has 0 aliphatic rings. The fourth-order valence-electron chi connectivity index (χ4n) is 3.17. The number of primary amides is 1. The number of pyridine rings is 1. The van der Waals surface area contributed by atoms with E-state index in [4.69, 9.17) is 10.2 Å². The highest BCUT2D eigenvalue weighted by atomic mass is 16.4. The van der Waals surface area contributed by atoms with Gasteiger partial charge in [0.05, 0.1) is 11.8 Å². The zero-order valence-corrected chi connectivity index (χ0v) is 16.2. The van der Waals surface area contributed by atoms with Crippen LogP contribution >= 0.6 is 0 Å². The monoisotopic (exact) mass is 399 g/mol. The van der Waals surface area contributed by atoms with Crippen LogP contribution in [0.3, 0.4) is 0 Å². The van der Waals surface area contributed by atoms with Gasteiger partial charge in [-0.25, -0.2) is 4.98 Å². The molecule has 0 aliphatic heterocycles. The smallest absolute Gasteiger partial charge is 0.250 e. The van der Waals surface area contributed by atoms with Crippen LogP contribution in [0.25, 0.3) is 22.6 Å². The lowest BCUT2D eigenvalue weighted by atomic mass is 10.0. The topological polar surface area (TPSA) is 102 Å². The number of carbonyl (C=O) groups is 1. The van der Waals surface area contributed by atoms with Gasteiger partial charge in [-0.2, -0.15) is 0 Å². The number of nitrogens with two attached hydrogens (primary N) is 1. The number of aromatic nitrogens is 2. The summed E-state index contributed by atoms with van der Waals surface area (Å²) in [6.45, 7) is 0. The summed E-state index contributed by atoms with van der Waals surface area (Å²) in [5.74, 6) is 0.124. The second kappa shape index (κ2) is 8.71. The lowest BCUT2D eigenvalue weighted by molar-refractivity contribution is 0.1000. The highest BCUT2D eigenvalue weighted by molar-refractivity contribution is 5.92. The second-order valence-electron chi connectivity index (χ2n) is 6.98. The van der Waals surface area contributed by atoms with Crippen molar-refractivity contribution in [3.8, 4) is 22.6 Å². The third-order valence-corrected chi connectivity index (χ3v) is 4.88. The molecule has 1 atom stereocenters. The number of hydrogen-bond donors (Lipinski definition) is 2. The largest absolute Gasteiger partial charge is 0.436 e. The molecule has 2 aromatic heterocycles. The first kappa shape index (κ1) is 19.5. The van der Waals surface area contributed by atoms with Gasteiger partial charge in [-0.3, -0.25) is 9.78 Å². The minimum Gasteiger partial charge on any atom is -0.436 e. The van der Waals surface area contributed by atoms with Crippen LogP contribution < -0.4 is 5.73 Å². The number of carbonyl (C=O) groups excluding carboxylic acids is 1. The van der Waals surface area contributed by atoms with Crippen LogP contribution in [0.5, 0.6) is 0 Å². The van der Waals surface area contributed by atoms with Crippen molar-refractivity contribution >= 4 is 5.91 Å². The summed E-state index contributed by atoms with van der Waals surface area (Å²) in [5.41, 5.74) is 9.51. The van der Waals surface area contributed by atoms with Crippen molar-refractivity contribution in [2.75, 3.05) is 0 Å². The Morgan fingerprint density at radius 1 is 0.933 bits per heavy atom. The molecule has 0 aliphatic carbocycles. The molecule has 6 heteroatoms. The van der Waals surface area contributed by atoms with Crippen LogP contribution in [0.2, 0.25) is 0 Å². The summed E-state index contributed by atoms with van der Waals surface area (Å²) < 4.78 is 5.66. The molecule has 4 aromatic rings. The van der Waals surface area contributed by atoms with Crippen molar-refractivity contribution in [1.29, 1.82) is 0 Å². The van der Waals surface area contributed by atoms with E-state index in [0.717, 1.165) is 11.1 Å². The molecular weight excluding hydrogens is 378 g/mol. The molecule has 0 bridgehead atoms. The molecule has 2 aromatic carbocycles. The fraction of sp³-hybridized carbons (Fsp3) is 0.125. The van der Waals surface area contributed by atoms with Crippen LogP contribution in [-0.4, -0.2) is 21.0 Å². The van der Waals surface area contributed by atoms with Gasteiger partial charge >= 0.3 is 0 Å². The summed E-state index contributed by atoms with van der Waals surface area (Å²) in [4.78, 5) is 19.5. The Morgan fingerprint density at radius 2 is 1.67 bits per heavy atom. The number of aliphatic hydroxyl groups is 1. The van der Waals surface area contributed by atoms with Gasteiger partial charge in [0.1, 0.15) is 11.8 Å². The van der Waals surface area contributed by atoms with E-state index < -0.39 is 12.0 Å². The summed E-state index contributed by atoms with van der Waals surface area (Å²) in [5, 5.41) is 10.5. The van der Waals surface area contributed by atoms with Crippen molar-refractivity contribution < 1.29 is 14.3 Å². The van der Waals surface area contributed by atoms with E-state index in [1.165, 1.54) is 18.0 Å². The zero-order chi connectivity index (χ0) is 20.9. The predicted octanol–water partition coefficient (Wildman–Crippen LogP) is 4.17. The molecule has 6 nitrogen and oxygen atoms in total. The van der Waals surface area contributed by atoms with Gasteiger partial charge in [0.25, 0.3) is 0 Å². The van der Waals surface area contributed by atoms with Gasteiger partial charge in [0.2, 0.25) is 11.8 Å². The van der Waals surface area contributed by atoms with Gasteiger partial charge in [0, 0.05) is 6.20 Å². The Kier molecular flexibility index (Phi) is 5.68. The molecule has 4 rings (SSSR count). The third-order valence-electron chi connectivity index (χ3n) is 4.88. The minimum absolute atomic E-state index is 0.242. The maximum Gasteiger partial charge on any atom is 0.250 e. The van der Waals surface area contributed by atoms with E-state index in [0.29, 0.717) is 29.9 Å². The highest BCUT2D eigenvalue weighted by Gasteiger charge is 2.16. The van der Waals surface area contributed by atoms with Crippen LogP contribution in [0, 0.1) is 0 Å². The number of rotatable bonds is 7. The molecule has 1 unspecified atom stereocenters. The number of hydrogen-bond acceptors (Lipinski definition) is 5. The van der Waals surface area contributed by atoms with E-state index in [1.54, 1.807) is 12.1 Å². The first-order valence-corrected chi connectivity index (χ1v) is 9.64. The summed E-state index contributed by atoms with van der Waals surface area (Å²) >= 11 is 0. The van der Waals surface area contributed by atoms with E-state index in [9.17, 15) is 9.90 Å². The van der Waals surface area contributed by atoms with Crippen molar-refractivity contribution in [1.82, 2.24) is 9.97 Å². The van der Waals surface area contributed by atoms with E-state index in [-0.39, 0.29) is 5.89 Å². The van der Waals surface area contributed by atoms with Gasteiger partial charge in [-0.15, -0.1) is 0 Å². The van der Waals surface area contributed by atoms with E-state index in [1.807, 2.05) is 18.2 Å². The van der Waals surface area contributed by atoms with Crippen molar-refractivity contribution in [2.24, 2.45) is 5.73 Å². The SMILES string of the molecule is NC(=O)c1ccc(-c2cnc(C(O)CCc3ccc(-c4ccccc4)cc3)o2)nc1. The Bertz CT molecular complexity index is 1120. The average molecular weight is 399 g/mol. The Balaban J connectivity index is 1.37. The van der Waals surface area contributed by atoms with Crippen LogP contribution in [0.4, 0.5) is 0 Å². The minimum atomic E-state index is -0.822. The second-order valence-corrected chi connectivity index (χ2v) is 6.98. The normalized spacial score (nSPS) is 11.9. The van der Waals surface area contributed by atoms with Gasteiger partial charge < -0.3 is 15.3 Å². The first-order valence-electron chi connectivity index (χ1n) is 9.64. The standard InChI is InChI=1S/C24H21N3O3/c25-23(29)19-11-12-20(26-14-19)22-15-27-24(30-22)21(28)13-8-16-6-9-18(10-7-16)17-4-2-1-3-5-17/h1-7,9-12,14-15,21,28H,8,13H2,(H2,25,29). The molecule has 3 N–H and O–H groups in total. The number of oxazole rings is 1. The van der Waals surface area contributed by atoms with Crippen molar-refractivity contribution in [3.63, 3.8) is 0 Å². The Labute approximate surface area is 174 Å². The lowest BCUT2D eigenvalue weighted by Gasteiger charge is -2.08. The Hall–Kier alpha value is -3.77. The zero-order valence-electron chi connectivity index (χ0n) is 16.2. The molecular formula is C24H21N3O3. The quantitative estimate of drug-likeness (QED) is 0.486. The molecule has 0 radical (unpaired) electrons. The number of benzene rings is 2. The molecule has 150 valence electrons. The first-order chi connectivity index (χ1) is 14.6. The molecule has 30 heavy (non-hydrogen) atoms. The maximum absolute atomic E-state index is 11.1. The van der Waals surface area contributed by atoms with E-state index >= 15 is 0 Å². The van der Waals surface area contributed by atoms with Gasteiger partial charge in [-0.05, 0) is 41.7 Å². The fourth-order valence-corrected chi connectivity index (χ4v) is 3.17. The highest BCUT2D eigenvalue weighted by Crippen LogP contribution is 2.25. The van der Waals surface area contributed by atoms with Crippen LogP contribution in [0.1, 0.15) is 34.3 Å². The van der Waals surface area contributed by atoms with Crippen LogP contribution in [-0.2, 0) is 6.42 Å². The maximum atomic E-state index is 11.1. The van der Waals surface area contributed by atoms with Gasteiger partial charge in [0.15, 0.2) is 5.76 Å². The third kappa shape index (κ3) is 4.45. The summed E-state index contributed by atoms with van der Waals surface area (Å²) in [6.07, 6.45) is 3.25. The summed E-state index contributed by atoms with van der Waals surface area (Å²) in [6, 6.07) is 21.7. The average Bonchev–Trinajstić information content (AvgIpc) is 3.29. The lowest BCUT2D eigenvalue weighted by Crippen LogP contribution is -2.10. The molecule has 0 fully saturated rings. The van der Waals surface area contributed by atoms with E-state index in [2.05, 4.69) is 46.4 Å². The van der Waals surface area contributed by atoms with Crippen molar-refractivity contribution in [3.05, 3.63) is 96.1 Å². The number of aryl methyl sites for hydroxylation is 1. The number of nitrogens with zero attached hydrogens (tertiary/aromatic N) is 2. The van der Waals surface area contributed by atoms with Crippen molar-refractivity contribution in [2.45, 2.75) is 18.9 Å². The van der Waals surface area contributed by atoms with Gasteiger partial charge in [-0.1, -0.05) is 54.6 Å². The molecule has 0 saturated carbocycles. The Morgan fingerprint density at radius 3 is 2.33 bits per heavy atom. The molecule has 0 spiro atoms. The molecule has 2 heterocycles.